The maximum Gasteiger partial charge on any atom is 0.335 e. The molecule has 1 aromatic carbocycles. The van der Waals surface area contributed by atoms with E-state index in [2.05, 4.69) is 4.72 Å². The molecular formula is C12H15NO4S. The Morgan fingerprint density at radius 3 is 2.61 bits per heavy atom. The van der Waals surface area contributed by atoms with E-state index in [1.165, 1.54) is 18.2 Å². The molecule has 6 heteroatoms. The van der Waals surface area contributed by atoms with Crippen molar-refractivity contribution in [1.82, 2.24) is 0 Å². The first-order valence-electron chi connectivity index (χ1n) is 5.72. The van der Waals surface area contributed by atoms with Crippen LogP contribution in [0.25, 0.3) is 0 Å². The van der Waals surface area contributed by atoms with Gasteiger partial charge < -0.3 is 5.11 Å². The van der Waals surface area contributed by atoms with Gasteiger partial charge >= 0.3 is 5.97 Å². The number of carbonyl (C=O) groups is 1. The van der Waals surface area contributed by atoms with Crippen LogP contribution in [0.1, 0.15) is 28.8 Å². The van der Waals surface area contributed by atoms with Gasteiger partial charge in [-0.3, -0.25) is 4.72 Å². The summed E-state index contributed by atoms with van der Waals surface area (Å²) in [6.07, 6.45) is 1.94. The zero-order chi connectivity index (χ0) is 13.3. The van der Waals surface area contributed by atoms with Crippen LogP contribution in [0.3, 0.4) is 0 Å². The number of carboxylic acids is 1. The van der Waals surface area contributed by atoms with Crippen LogP contribution in [0, 0.1) is 12.8 Å². The highest BCUT2D eigenvalue weighted by Crippen LogP contribution is 2.31. The zero-order valence-corrected chi connectivity index (χ0v) is 10.8. The van der Waals surface area contributed by atoms with E-state index in [0.29, 0.717) is 11.3 Å². The number of sulfonamides is 1. The normalized spacial score (nSPS) is 15.4. The molecule has 1 saturated carbocycles. The van der Waals surface area contributed by atoms with Crippen molar-refractivity contribution in [2.45, 2.75) is 19.8 Å². The molecule has 0 amide bonds. The van der Waals surface area contributed by atoms with Crippen molar-refractivity contribution >= 4 is 21.7 Å². The maximum absolute atomic E-state index is 11.8. The van der Waals surface area contributed by atoms with Crippen molar-refractivity contribution in [3.8, 4) is 0 Å². The van der Waals surface area contributed by atoms with Gasteiger partial charge in [-0.15, -0.1) is 0 Å². The van der Waals surface area contributed by atoms with Gasteiger partial charge in [0, 0.05) is 0 Å². The van der Waals surface area contributed by atoms with Crippen LogP contribution in [-0.2, 0) is 10.0 Å². The third kappa shape index (κ3) is 3.22. The summed E-state index contributed by atoms with van der Waals surface area (Å²) in [7, 11) is -3.32. The van der Waals surface area contributed by atoms with Crippen LogP contribution >= 0.6 is 0 Å². The summed E-state index contributed by atoms with van der Waals surface area (Å²) >= 11 is 0. The highest BCUT2D eigenvalue weighted by molar-refractivity contribution is 7.92. The second kappa shape index (κ2) is 4.61. The quantitative estimate of drug-likeness (QED) is 0.854. The number of hydrogen-bond donors (Lipinski definition) is 2. The molecule has 0 spiro atoms. The van der Waals surface area contributed by atoms with Gasteiger partial charge in [-0.25, -0.2) is 13.2 Å². The minimum Gasteiger partial charge on any atom is -0.478 e. The lowest BCUT2D eigenvalue weighted by Crippen LogP contribution is -2.18. The summed E-state index contributed by atoms with van der Waals surface area (Å²) < 4.78 is 26.1. The van der Waals surface area contributed by atoms with Crippen LogP contribution in [-0.4, -0.2) is 25.2 Å². The first kappa shape index (κ1) is 12.9. The molecule has 98 valence electrons. The number of hydrogen-bond acceptors (Lipinski definition) is 3. The van der Waals surface area contributed by atoms with Gasteiger partial charge in [0.25, 0.3) is 0 Å². The van der Waals surface area contributed by atoms with Gasteiger partial charge in [-0.1, -0.05) is 0 Å². The number of anilines is 1. The summed E-state index contributed by atoms with van der Waals surface area (Å²) in [4.78, 5) is 10.8. The number of nitrogens with one attached hydrogen (secondary N) is 1. The van der Waals surface area contributed by atoms with Crippen LogP contribution in [0.4, 0.5) is 5.69 Å². The van der Waals surface area contributed by atoms with E-state index in [0.717, 1.165) is 12.8 Å². The van der Waals surface area contributed by atoms with E-state index < -0.39 is 16.0 Å². The SMILES string of the molecule is Cc1cc(C(=O)O)ccc1NS(=O)(=O)CC1CC1. The molecule has 0 atom stereocenters. The lowest BCUT2D eigenvalue weighted by molar-refractivity contribution is 0.0697. The third-order valence-electron chi connectivity index (χ3n) is 2.89. The van der Waals surface area contributed by atoms with Gasteiger partial charge in [-0.05, 0) is 49.4 Å². The highest BCUT2D eigenvalue weighted by atomic mass is 32.2. The van der Waals surface area contributed by atoms with Crippen molar-refractivity contribution in [3.05, 3.63) is 29.3 Å². The molecular weight excluding hydrogens is 254 g/mol. The Morgan fingerprint density at radius 1 is 1.44 bits per heavy atom. The molecule has 1 aliphatic rings. The first-order valence-corrected chi connectivity index (χ1v) is 7.37. The molecule has 0 bridgehead atoms. The third-order valence-corrected chi connectivity index (χ3v) is 4.33. The molecule has 0 heterocycles. The number of benzene rings is 1. The second-order valence-electron chi connectivity index (χ2n) is 4.66. The lowest BCUT2D eigenvalue weighted by Gasteiger charge is -2.10. The molecule has 0 saturated heterocycles. The van der Waals surface area contributed by atoms with E-state index in [4.69, 9.17) is 5.11 Å². The van der Waals surface area contributed by atoms with E-state index in [9.17, 15) is 13.2 Å². The van der Waals surface area contributed by atoms with Gasteiger partial charge in [0.05, 0.1) is 17.0 Å². The van der Waals surface area contributed by atoms with E-state index in [-0.39, 0.29) is 17.2 Å². The molecule has 2 rings (SSSR count). The Morgan fingerprint density at radius 2 is 2.11 bits per heavy atom. The number of rotatable bonds is 5. The monoisotopic (exact) mass is 269 g/mol. The van der Waals surface area contributed by atoms with E-state index in [1.807, 2.05) is 0 Å². The average Bonchev–Trinajstić information content (AvgIpc) is 3.03. The predicted molar refractivity (Wildman–Crippen MR) is 68.3 cm³/mol. The van der Waals surface area contributed by atoms with Crippen LogP contribution in [0.15, 0.2) is 18.2 Å². The summed E-state index contributed by atoms with van der Waals surface area (Å²) in [5.74, 6) is -0.598. The average molecular weight is 269 g/mol. The molecule has 2 N–H and O–H groups in total. The Kier molecular flexibility index (Phi) is 3.30. The fraction of sp³-hybridized carbons (Fsp3) is 0.417. The Hall–Kier alpha value is -1.56. The molecule has 1 aliphatic carbocycles. The molecule has 0 unspecified atom stereocenters. The zero-order valence-electron chi connectivity index (χ0n) is 10.0. The van der Waals surface area contributed by atoms with Crippen molar-refractivity contribution in [2.24, 2.45) is 5.92 Å². The number of aryl methyl sites for hydroxylation is 1. The summed E-state index contributed by atoms with van der Waals surface area (Å²) in [6.45, 7) is 1.68. The fourth-order valence-corrected chi connectivity index (χ4v) is 3.32. The van der Waals surface area contributed by atoms with Gasteiger partial charge in [0.15, 0.2) is 0 Å². The molecule has 5 nitrogen and oxygen atoms in total. The summed E-state index contributed by atoms with van der Waals surface area (Å²) in [6, 6.07) is 4.34. The Bertz CT molecular complexity index is 576. The van der Waals surface area contributed by atoms with Crippen molar-refractivity contribution in [2.75, 3.05) is 10.5 Å². The minimum absolute atomic E-state index is 0.146. The van der Waals surface area contributed by atoms with Crippen LogP contribution < -0.4 is 4.72 Å². The molecule has 0 radical (unpaired) electrons. The molecule has 1 aromatic rings. The molecule has 0 aliphatic heterocycles. The van der Waals surface area contributed by atoms with Crippen LogP contribution in [0.5, 0.6) is 0 Å². The van der Waals surface area contributed by atoms with Gasteiger partial charge in [0.2, 0.25) is 10.0 Å². The molecule has 1 fully saturated rings. The summed E-state index contributed by atoms with van der Waals surface area (Å²) in [5.41, 5.74) is 1.20. The highest BCUT2D eigenvalue weighted by Gasteiger charge is 2.28. The minimum atomic E-state index is -3.32. The molecule has 0 aromatic heterocycles. The largest absolute Gasteiger partial charge is 0.478 e. The fourth-order valence-electron chi connectivity index (χ4n) is 1.72. The molecule has 18 heavy (non-hydrogen) atoms. The van der Waals surface area contributed by atoms with Crippen molar-refractivity contribution in [1.29, 1.82) is 0 Å². The van der Waals surface area contributed by atoms with Crippen LogP contribution in [0.2, 0.25) is 0 Å². The lowest BCUT2D eigenvalue weighted by atomic mass is 10.1. The second-order valence-corrected chi connectivity index (χ2v) is 6.43. The van der Waals surface area contributed by atoms with E-state index in [1.54, 1.807) is 6.92 Å². The first-order chi connectivity index (χ1) is 8.37. The summed E-state index contributed by atoms with van der Waals surface area (Å²) in [5, 5.41) is 8.82. The number of aromatic carboxylic acids is 1. The van der Waals surface area contributed by atoms with Crippen molar-refractivity contribution in [3.63, 3.8) is 0 Å². The van der Waals surface area contributed by atoms with Crippen molar-refractivity contribution < 1.29 is 18.3 Å². The van der Waals surface area contributed by atoms with Gasteiger partial charge in [0.1, 0.15) is 0 Å². The van der Waals surface area contributed by atoms with E-state index >= 15 is 0 Å². The Balaban J connectivity index is 2.16. The van der Waals surface area contributed by atoms with Gasteiger partial charge in [-0.2, -0.15) is 0 Å². The maximum atomic E-state index is 11.8. The standard InChI is InChI=1S/C12H15NO4S/c1-8-6-10(12(14)15)4-5-11(8)13-18(16,17)7-9-2-3-9/h4-6,9,13H,2-3,7H2,1H3,(H,14,15). The predicted octanol–water partition coefficient (Wildman–Crippen LogP) is 1.84. The number of carboxylic acid groups (broad SMARTS) is 1. The Labute approximate surface area is 106 Å². The smallest absolute Gasteiger partial charge is 0.335 e. The topological polar surface area (TPSA) is 83.5 Å².